The van der Waals surface area contributed by atoms with E-state index >= 15 is 0 Å². The SMILES string of the molecule is C.C=CCCCCCCCCCCCCCCCC[Si](Cl)(Cl)Cl.C=CCCCCCCCCCCCCCCCC[Si](Cl)(Cl)O[ClH+]. The van der Waals surface area contributed by atoms with Gasteiger partial charge in [0.25, 0.3) is 0 Å². The van der Waals surface area contributed by atoms with Gasteiger partial charge in [0.05, 0.1) is 0 Å². The highest BCUT2D eigenvalue weighted by molar-refractivity contribution is 7.64. The summed E-state index contributed by atoms with van der Waals surface area (Å²) in [5, 5.41) is 0. The molecule has 0 spiro atoms. The van der Waals surface area contributed by atoms with Gasteiger partial charge in [-0.1, -0.05) is 187 Å². The molecule has 0 amide bonds. The minimum atomic E-state index is -2.53. The minimum Gasteiger partial charge on any atom is -0.127 e. The second kappa shape index (κ2) is 41.0. The fourth-order valence-corrected chi connectivity index (χ4v) is 9.17. The topological polar surface area (TPSA) is 9.23 Å². The molecule has 0 saturated carbocycles. The van der Waals surface area contributed by atoms with Gasteiger partial charge in [-0.2, -0.15) is 0 Å². The number of unbranched alkanes of at least 4 members (excludes halogenated alkanes) is 28. The Balaban J connectivity index is -0.000000788. The summed E-state index contributed by atoms with van der Waals surface area (Å²) in [6.45, 7) is 4.99. The molecule has 0 saturated heterocycles. The van der Waals surface area contributed by atoms with Gasteiger partial charge in [0, 0.05) is 0 Å². The van der Waals surface area contributed by atoms with Crippen LogP contribution in [-0.4, -0.2) is 12.9 Å². The van der Waals surface area contributed by atoms with E-state index in [1.54, 1.807) is 0 Å². The van der Waals surface area contributed by atoms with Crippen molar-refractivity contribution in [1.29, 1.82) is 0 Å². The maximum absolute atomic E-state index is 5.96. The van der Waals surface area contributed by atoms with Gasteiger partial charge in [-0.15, -0.1) is 72.5 Å². The second-order valence-electron chi connectivity index (χ2n) is 12.9. The molecule has 0 atom stereocenters. The highest BCUT2D eigenvalue weighted by atomic mass is 35.8. The van der Waals surface area contributed by atoms with Crippen molar-refractivity contribution in [1.82, 2.24) is 0 Å². The van der Waals surface area contributed by atoms with E-state index in [-0.39, 0.29) is 7.43 Å². The summed E-state index contributed by atoms with van der Waals surface area (Å²) in [6, 6.07) is -0.770. The van der Waals surface area contributed by atoms with Crippen molar-refractivity contribution in [3.63, 3.8) is 0 Å². The normalized spacial score (nSPS) is 11.5. The van der Waals surface area contributed by atoms with Crippen LogP contribution in [0.4, 0.5) is 0 Å². The van der Waals surface area contributed by atoms with Crippen LogP contribution in [0.3, 0.4) is 0 Å². The molecule has 46 heavy (non-hydrogen) atoms. The van der Waals surface area contributed by atoms with Crippen LogP contribution >= 0.6 is 55.4 Å². The van der Waals surface area contributed by atoms with Crippen molar-refractivity contribution in [3.8, 4) is 0 Å². The van der Waals surface area contributed by atoms with Crippen LogP contribution in [0, 0.1) is 11.9 Å². The van der Waals surface area contributed by atoms with Gasteiger partial charge >= 0.3 is 24.8 Å². The molecule has 0 aliphatic heterocycles. The molecule has 0 aromatic heterocycles. The number of halogens is 6. The Morgan fingerprint density at radius 2 is 0.609 bits per heavy atom. The van der Waals surface area contributed by atoms with E-state index in [4.69, 9.17) is 59.4 Å². The molecule has 9 heteroatoms. The Kier molecular flexibility index (Phi) is 46.4. The molecule has 0 rings (SSSR count). The smallest absolute Gasteiger partial charge is 0.127 e. The van der Waals surface area contributed by atoms with Gasteiger partial charge in [0.15, 0.2) is 0 Å². The molecule has 0 bridgehead atoms. The summed E-state index contributed by atoms with van der Waals surface area (Å²) in [4.78, 5) is 0. The first-order valence-corrected chi connectivity index (χ1v) is 28.4. The van der Waals surface area contributed by atoms with E-state index in [9.17, 15) is 0 Å². The lowest BCUT2D eigenvalue weighted by Crippen LogP contribution is -2.20. The summed E-state index contributed by atoms with van der Waals surface area (Å²) in [5.74, 6) is 0. The van der Waals surface area contributed by atoms with E-state index in [0.29, 0.717) is 0 Å². The van der Waals surface area contributed by atoms with Crippen molar-refractivity contribution in [3.05, 3.63) is 25.3 Å². The quantitative estimate of drug-likeness (QED) is 0.0268. The third-order valence-corrected chi connectivity index (χ3v) is 15.2. The summed E-state index contributed by atoms with van der Waals surface area (Å²) < 4.78 is 4.71. The van der Waals surface area contributed by atoms with Crippen molar-refractivity contribution in [2.45, 2.75) is 212 Å². The number of rotatable bonds is 35. The molecule has 1 nitrogen and oxygen atoms in total. The predicted octanol–water partition coefficient (Wildman–Crippen LogP) is 17.0. The fourth-order valence-electron chi connectivity index (χ4n) is 5.52. The molecule has 0 aromatic carbocycles. The Morgan fingerprint density at radius 3 is 0.826 bits per heavy atom. The highest BCUT2D eigenvalue weighted by Gasteiger charge is 2.35. The molecule has 0 unspecified atom stereocenters. The lowest BCUT2D eigenvalue weighted by Gasteiger charge is -2.06. The first kappa shape index (κ1) is 52.0. The number of hydrogen-bond donors (Lipinski definition) is 0. The molecule has 0 aliphatic carbocycles. The molecule has 278 valence electrons. The number of hydrogen-bond acceptors (Lipinski definition) is 1. The van der Waals surface area contributed by atoms with Crippen LogP contribution in [0.2, 0.25) is 12.1 Å². The van der Waals surface area contributed by atoms with Crippen LogP contribution in [-0.2, 0) is 3.98 Å². The third kappa shape index (κ3) is 50.0. The van der Waals surface area contributed by atoms with Crippen LogP contribution in [0.5, 0.6) is 0 Å². The maximum atomic E-state index is 5.96. The zero-order valence-corrected chi connectivity index (χ0v) is 35.5. The van der Waals surface area contributed by atoms with Crippen molar-refractivity contribution in [2.24, 2.45) is 0 Å². The van der Waals surface area contributed by atoms with E-state index in [2.05, 4.69) is 25.0 Å². The number of allylic oxidation sites excluding steroid dienone is 2. The average molecular weight is 805 g/mol. The first-order chi connectivity index (χ1) is 21.7. The zero-order chi connectivity index (χ0) is 33.7. The van der Waals surface area contributed by atoms with Gasteiger partial charge in [-0.3, -0.25) is 0 Å². The molecular formula is C37H75Cl6OSi2+. The van der Waals surface area contributed by atoms with Crippen molar-refractivity contribution < 1.29 is 15.8 Å². The predicted molar refractivity (Wildman–Crippen MR) is 219 cm³/mol. The van der Waals surface area contributed by atoms with Gasteiger partial charge in [0.1, 0.15) is 0 Å². The lowest BCUT2D eigenvalue weighted by molar-refractivity contribution is -0.643. The van der Waals surface area contributed by atoms with E-state index in [1.807, 2.05) is 12.2 Å². The van der Waals surface area contributed by atoms with Crippen LogP contribution in [0.15, 0.2) is 25.3 Å². The largest absolute Gasteiger partial charge is 0.468 e. The summed E-state index contributed by atoms with van der Waals surface area (Å²) in [7, 11) is 0. The standard InChI is InChI=1S/C18H36Cl3OSi.C18H35Cl3Si.CH4/c1-2-3-4-5-6-7-8-9-10-11-12-13-14-15-16-17-18-23(20,21)22-19;1-2-3-4-5-6-7-8-9-10-11-12-13-14-15-16-17-18-22(19,20)21;/h2,19H,1,3-18H2;2H,1,3-18H2;1H4/q+1;;. The lowest BCUT2D eigenvalue weighted by atomic mass is 10.0. The average Bonchev–Trinajstić information content (AvgIpc) is 3.00. The van der Waals surface area contributed by atoms with Crippen LogP contribution in [0.1, 0.15) is 200 Å². The molecule has 0 radical (unpaired) electrons. The van der Waals surface area contributed by atoms with Gasteiger partial charge < -0.3 is 0 Å². The summed E-state index contributed by atoms with van der Waals surface area (Å²) in [5.41, 5.74) is 0. The molecule has 0 aliphatic rings. The third-order valence-electron chi connectivity index (χ3n) is 8.37. The minimum absolute atomic E-state index is 0. The summed E-state index contributed by atoms with van der Waals surface area (Å²) in [6.07, 6.45) is 44.2. The van der Waals surface area contributed by atoms with Gasteiger partial charge in [-0.05, 0) is 37.8 Å². The Bertz CT molecular complexity index is 605. The van der Waals surface area contributed by atoms with Crippen LogP contribution in [0.25, 0.3) is 0 Å². The summed E-state index contributed by atoms with van der Waals surface area (Å²) >= 11 is 34.0. The van der Waals surface area contributed by atoms with E-state index in [0.717, 1.165) is 24.9 Å². The monoisotopic (exact) mass is 801 g/mol. The fraction of sp³-hybridized carbons (Fsp3) is 0.892. The molecule has 0 heterocycles. The van der Waals surface area contributed by atoms with E-state index in [1.165, 1.54) is 180 Å². The van der Waals surface area contributed by atoms with Crippen LogP contribution < -0.4 is 0 Å². The maximum Gasteiger partial charge on any atom is 0.468 e. The molecular weight excluding hydrogens is 729 g/mol. The van der Waals surface area contributed by atoms with Crippen molar-refractivity contribution in [2.75, 3.05) is 0 Å². The van der Waals surface area contributed by atoms with E-state index < -0.39 is 12.9 Å². The Morgan fingerprint density at radius 1 is 0.391 bits per heavy atom. The Labute approximate surface area is 319 Å². The Hall–Kier alpha value is 1.61. The second-order valence-corrected chi connectivity index (χ2v) is 28.9. The molecule has 0 aromatic rings. The highest BCUT2D eigenvalue weighted by Crippen LogP contribution is 2.28. The molecule has 0 fully saturated rings. The first-order valence-electron chi connectivity index (χ1n) is 18.7. The molecule has 0 N–H and O–H groups in total. The van der Waals surface area contributed by atoms with Gasteiger partial charge in [0.2, 0.25) is 0 Å². The van der Waals surface area contributed by atoms with Gasteiger partial charge in [-0.25, -0.2) is 0 Å². The zero-order valence-electron chi connectivity index (χ0n) is 28.9. The van der Waals surface area contributed by atoms with Crippen molar-refractivity contribution >= 4 is 68.3 Å².